The highest BCUT2D eigenvalue weighted by molar-refractivity contribution is 6.46. The Morgan fingerprint density at radius 1 is 1.11 bits per heavy atom. The largest absolute Gasteiger partial charge is 0.507 e. The maximum Gasteiger partial charge on any atom is 0.295 e. The summed E-state index contributed by atoms with van der Waals surface area (Å²) < 4.78 is 5.74. The molecule has 5 heteroatoms. The average Bonchev–Trinajstić information content (AvgIpc) is 3.21. The van der Waals surface area contributed by atoms with E-state index in [1.165, 1.54) is 4.90 Å². The van der Waals surface area contributed by atoms with E-state index in [1.54, 1.807) is 24.3 Å². The molecule has 0 saturated carbocycles. The first-order valence-corrected chi connectivity index (χ1v) is 9.42. The molecule has 1 amide bonds. The number of likely N-dealkylation sites (tertiary alicyclic amines) is 1. The molecule has 27 heavy (non-hydrogen) atoms. The molecule has 142 valence electrons. The van der Waals surface area contributed by atoms with Crippen LogP contribution in [0.3, 0.4) is 0 Å². The molecule has 1 unspecified atom stereocenters. The molecule has 0 aliphatic carbocycles. The summed E-state index contributed by atoms with van der Waals surface area (Å²) in [6.07, 6.45) is 2.55. The lowest BCUT2D eigenvalue weighted by atomic mass is 9.98. The number of carbonyl (C=O) groups excluding carboxylic acids is 2. The Morgan fingerprint density at radius 2 is 1.81 bits per heavy atom. The summed E-state index contributed by atoms with van der Waals surface area (Å²) in [5.74, 6) is -0.224. The van der Waals surface area contributed by atoms with Gasteiger partial charge in [-0.1, -0.05) is 44.5 Å². The Kier molecular flexibility index (Phi) is 5.49. The molecule has 1 atom stereocenters. The van der Waals surface area contributed by atoms with Crippen molar-refractivity contribution < 1.29 is 19.1 Å². The SMILES string of the molecule is CCCCN1C(=O)C(=O)/C(=C(\O)c2ccc(CC)cc2)C1c1ccc(C)o1. The van der Waals surface area contributed by atoms with Crippen LogP contribution in [0.15, 0.2) is 46.4 Å². The standard InChI is InChI=1S/C22H25NO4/c1-4-6-13-23-19(17-12-7-14(3)27-17)18(21(25)22(23)26)20(24)16-10-8-15(5-2)9-11-16/h7-12,19,24H,4-6,13H2,1-3H3/b20-18-. The first-order chi connectivity index (χ1) is 13.0. The van der Waals surface area contributed by atoms with Crippen LogP contribution in [0, 0.1) is 6.92 Å². The zero-order valence-corrected chi connectivity index (χ0v) is 16.0. The van der Waals surface area contributed by atoms with Gasteiger partial charge in [0.1, 0.15) is 23.3 Å². The molecule has 1 fully saturated rings. The second-order valence-electron chi connectivity index (χ2n) is 6.84. The third-order valence-corrected chi connectivity index (χ3v) is 4.96. The number of nitrogens with zero attached hydrogens (tertiary/aromatic N) is 1. The smallest absolute Gasteiger partial charge is 0.295 e. The monoisotopic (exact) mass is 367 g/mol. The Bertz CT molecular complexity index is 876. The minimum Gasteiger partial charge on any atom is -0.507 e. The molecule has 1 N–H and O–H groups in total. The van der Waals surface area contributed by atoms with E-state index in [1.807, 2.05) is 32.9 Å². The van der Waals surface area contributed by atoms with E-state index >= 15 is 0 Å². The minimum absolute atomic E-state index is 0.0923. The first kappa shape index (κ1) is 19.0. The molecule has 0 spiro atoms. The fourth-order valence-electron chi connectivity index (χ4n) is 3.39. The Labute approximate surface area is 159 Å². The number of furan rings is 1. The van der Waals surface area contributed by atoms with E-state index in [0.29, 0.717) is 23.6 Å². The van der Waals surface area contributed by atoms with Gasteiger partial charge in [0.2, 0.25) is 0 Å². The van der Waals surface area contributed by atoms with Crippen molar-refractivity contribution in [1.29, 1.82) is 0 Å². The van der Waals surface area contributed by atoms with Crippen LogP contribution in [0.4, 0.5) is 0 Å². The second kappa shape index (κ2) is 7.82. The molecule has 1 aliphatic rings. The first-order valence-electron chi connectivity index (χ1n) is 9.42. The van der Waals surface area contributed by atoms with Gasteiger partial charge in [-0.3, -0.25) is 9.59 Å². The number of aryl methyl sites for hydroxylation is 2. The second-order valence-corrected chi connectivity index (χ2v) is 6.84. The van der Waals surface area contributed by atoms with Crippen LogP contribution in [0.1, 0.15) is 55.4 Å². The molecule has 0 bridgehead atoms. The zero-order chi connectivity index (χ0) is 19.6. The summed E-state index contributed by atoms with van der Waals surface area (Å²) in [5.41, 5.74) is 1.75. The summed E-state index contributed by atoms with van der Waals surface area (Å²) in [5, 5.41) is 10.9. The lowest BCUT2D eigenvalue weighted by Crippen LogP contribution is -2.30. The number of hydrogen-bond donors (Lipinski definition) is 1. The van der Waals surface area contributed by atoms with Gasteiger partial charge < -0.3 is 14.4 Å². The van der Waals surface area contributed by atoms with Crippen LogP contribution >= 0.6 is 0 Å². The quantitative estimate of drug-likeness (QED) is 0.467. The van der Waals surface area contributed by atoms with Crippen molar-refractivity contribution in [2.45, 2.75) is 46.1 Å². The highest BCUT2D eigenvalue weighted by Crippen LogP contribution is 2.40. The predicted octanol–water partition coefficient (Wildman–Crippen LogP) is 4.37. The number of ketones is 1. The van der Waals surface area contributed by atoms with Crippen LogP contribution in [0.2, 0.25) is 0 Å². The highest BCUT2D eigenvalue weighted by Gasteiger charge is 2.47. The molecule has 1 aromatic heterocycles. The molecule has 0 radical (unpaired) electrons. The Hall–Kier alpha value is -2.82. The number of aliphatic hydroxyl groups is 1. The van der Waals surface area contributed by atoms with Crippen LogP contribution in [-0.4, -0.2) is 28.2 Å². The van der Waals surface area contributed by atoms with Gasteiger partial charge in [0.25, 0.3) is 11.7 Å². The van der Waals surface area contributed by atoms with Crippen LogP contribution < -0.4 is 0 Å². The number of benzene rings is 1. The number of hydrogen-bond acceptors (Lipinski definition) is 4. The van der Waals surface area contributed by atoms with Gasteiger partial charge in [0, 0.05) is 12.1 Å². The fourth-order valence-corrected chi connectivity index (χ4v) is 3.39. The van der Waals surface area contributed by atoms with Gasteiger partial charge in [0.05, 0.1) is 5.57 Å². The number of carbonyl (C=O) groups is 2. The average molecular weight is 367 g/mol. The molecule has 2 heterocycles. The summed E-state index contributed by atoms with van der Waals surface area (Å²) in [4.78, 5) is 26.9. The number of unbranched alkanes of at least 4 members (excludes halogenated alkanes) is 1. The topological polar surface area (TPSA) is 70.8 Å². The fraction of sp³-hybridized carbons (Fsp3) is 0.364. The van der Waals surface area contributed by atoms with Crippen molar-refractivity contribution in [2.24, 2.45) is 0 Å². The van der Waals surface area contributed by atoms with Gasteiger partial charge >= 0.3 is 0 Å². The van der Waals surface area contributed by atoms with E-state index in [0.717, 1.165) is 24.8 Å². The van der Waals surface area contributed by atoms with E-state index in [4.69, 9.17) is 4.42 Å². The van der Waals surface area contributed by atoms with E-state index in [-0.39, 0.29) is 11.3 Å². The van der Waals surface area contributed by atoms with Crippen LogP contribution in [0.25, 0.3) is 5.76 Å². The van der Waals surface area contributed by atoms with Gasteiger partial charge in [-0.15, -0.1) is 0 Å². The normalized spacial score (nSPS) is 19.1. The van der Waals surface area contributed by atoms with E-state index in [9.17, 15) is 14.7 Å². The number of rotatable bonds is 6. The molecule has 1 aliphatic heterocycles. The van der Waals surface area contributed by atoms with Crippen molar-refractivity contribution in [2.75, 3.05) is 6.54 Å². The zero-order valence-electron chi connectivity index (χ0n) is 16.0. The van der Waals surface area contributed by atoms with Crippen LogP contribution in [0.5, 0.6) is 0 Å². The lowest BCUT2D eigenvalue weighted by Gasteiger charge is -2.23. The third kappa shape index (κ3) is 3.54. The number of amides is 1. The van der Waals surface area contributed by atoms with Crippen molar-refractivity contribution in [3.8, 4) is 0 Å². The molecule has 3 rings (SSSR count). The molecular formula is C22H25NO4. The van der Waals surface area contributed by atoms with E-state index < -0.39 is 17.7 Å². The van der Waals surface area contributed by atoms with Crippen molar-refractivity contribution >= 4 is 17.4 Å². The Morgan fingerprint density at radius 3 is 2.37 bits per heavy atom. The van der Waals surface area contributed by atoms with Gasteiger partial charge in [-0.05, 0) is 37.5 Å². The molecular weight excluding hydrogens is 342 g/mol. The third-order valence-electron chi connectivity index (χ3n) is 4.96. The molecule has 1 aromatic carbocycles. The summed E-state index contributed by atoms with van der Waals surface area (Å²) in [6, 6.07) is 10.2. The predicted molar refractivity (Wildman–Crippen MR) is 103 cm³/mol. The maximum absolute atomic E-state index is 12.8. The highest BCUT2D eigenvalue weighted by atomic mass is 16.3. The summed E-state index contributed by atoms with van der Waals surface area (Å²) >= 11 is 0. The summed E-state index contributed by atoms with van der Waals surface area (Å²) in [6.45, 7) is 6.33. The minimum atomic E-state index is -0.698. The number of Topliss-reactive ketones (excluding diaryl/α,β-unsaturated/α-hetero) is 1. The molecule has 1 saturated heterocycles. The van der Waals surface area contributed by atoms with E-state index in [2.05, 4.69) is 0 Å². The maximum atomic E-state index is 12.8. The van der Waals surface area contributed by atoms with Gasteiger partial charge in [-0.2, -0.15) is 0 Å². The van der Waals surface area contributed by atoms with Crippen molar-refractivity contribution in [3.63, 3.8) is 0 Å². The molecule has 5 nitrogen and oxygen atoms in total. The van der Waals surface area contributed by atoms with Crippen LogP contribution in [-0.2, 0) is 16.0 Å². The Balaban J connectivity index is 2.11. The van der Waals surface area contributed by atoms with Gasteiger partial charge in [-0.25, -0.2) is 0 Å². The number of aliphatic hydroxyl groups excluding tert-OH is 1. The van der Waals surface area contributed by atoms with Gasteiger partial charge in [0.15, 0.2) is 0 Å². The van der Waals surface area contributed by atoms with Crippen molar-refractivity contribution in [1.82, 2.24) is 4.90 Å². The molecule has 2 aromatic rings. The van der Waals surface area contributed by atoms with Crippen molar-refractivity contribution in [3.05, 3.63) is 64.6 Å². The lowest BCUT2D eigenvalue weighted by molar-refractivity contribution is -0.140. The summed E-state index contributed by atoms with van der Waals surface area (Å²) in [7, 11) is 0.